The first-order valence-electron chi connectivity index (χ1n) is 4.29. The fourth-order valence-electron chi connectivity index (χ4n) is 1.38. The zero-order valence-corrected chi connectivity index (χ0v) is 8.75. The van der Waals surface area contributed by atoms with Gasteiger partial charge >= 0.3 is 0 Å². The van der Waals surface area contributed by atoms with Gasteiger partial charge < -0.3 is 4.74 Å². The zero-order valence-electron chi connectivity index (χ0n) is 7.99. The van der Waals surface area contributed by atoms with Gasteiger partial charge in [-0.15, -0.1) is 0 Å². The van der Waals surface area contributed by atoms with Crippen LogP contribution >= 0.6 is 11.6 Å². The van der Waals surface area contributed by atoms with Gasteiger partial charge in [-0.05, 0) is 29.7 Å². The van der Waals surface area contributed by atoms with Gasteiger partial charge in [0.05, 0.1) is 7.11 Å². The molecule has 0 bridgehead atoms. The molecule has 74 valence electrons. The van der Waals surface area contributed by atoms with Crippen LogP contribution in [0.4, 0.5) is 0 Å². The molecule has 0 radical (unpaired) electrons. The van der Waals surface area contributed by atoms with Crippen molar-refractivity contribution < 1.29 is 4.74 Å². The summed E-state index contributed by atoms with van der Waals surface area (Å²) in [5.74, 6) is 0.730. The third kappa shape index (κ3) is 1.72. The van der Waals surface area contributed by atoms with E-state index >= 15 is 0 Å². The molecule has 0 N–H and O–H groups in total. The van der Waals surface area contributed by atoms with Crippen LogP contribution in [0.5, 0.6) is 5.75 Å². The summed E-state index contributed by atoms with van der Waals surface area (Å²) in [4.78, 5) is 3.94. The maximum Gasteiger partial charge on any atom is 0.142 e. The van der Waals surface area contributed by atoms with E-state index in [1.54, 1.807) is 13.2 Å². The molecule has 0 unspecified atom stereocenters. The highest BCUT2D eigenvalue weighted by Crippen LogP contribution is 2.26. The number of aromatic nitrogens is 1. The zero-order chi connectivity index (χ0) is 10.8. The fraction of sp³-hybridized carbons (Fsp3) is 0.0909. The maximum atomic E-state index is 8.75. The van der Waals surface area contributed by atoms with Gasteiger partial charge in [0.15, 0.2) is 0 Å². The van der Waals surface area contributed by atoms with E-state index in [9.17, 15) is 0 Å². The Hall–Kier alpha value is -1.79. The lowest BCUT2D eigenvalue weighted by Gasteiger charge is -2.03. The highest BCUT2D eigenvalue weighted by molar-refractivity contribution is 6.34. The van der Waals surface area contributed by atoms with E-state index in [1.165, 1.54) is 0 Å². The van der Waals surface area contributed by atoms with Crippen LogP contribution in [-0.4, -0.2) is 12.1 Å². The number of methoxy groups -OCH3 is 1. The Morgan fingerprint density at radius 1 is 1.40 bits per heavy atom. The standard InChI is InChI=1S/C11H7ClN2O/c1-15-9-2-3-10-7(5-9)4-8(6-13)14-11(10)12/h2-5H,1H3. The minimum atomic E-state index is 0.306. The van der Waals surface area contributed by atoms with E-state index in [2.05, 4.69) is 4.98 Å². The topological polar surface area (TPSA) is 45.9 Å². The van der Waals surface area contributed by atoms with Crippen LogP contribution in [0.1, 0.15) is 5.69 Å². The number of halogens is 1. The van der Waals surface area contributed by atoms with Crippen molar-refractivity contribution in [3.05, 3.63) is 35.1 Å². The molecule has 0 amide bonds. The molecule has 15 heavy (non-hydrogen) atoms. The number of ether oxygens (including phenoxy) is 1. The van der Waals surface area contributed by atoms with Crippen molar-refractivity contribution in [2.24, 2.45) is 0 Å². The second-order valence-electron chi connectivity index (χ2n) is 3.00. The summed E-state index contributed by atoms with van der Waals surface area (Å²) in [5.41, 5.74) is 0.306. The number of nitrogens with zero attached hydrogens (tertiary/aromatic N) is 2. The van der Waals surface area contributed by atoms with Crippen LogP contribution in [-0.2, 0) is 0 Å². The van der Waals surface area contributed by atoms with Crippen molar-refractivity contribution in [2.45, 2.75) is 0 Å². The molecule has 4 heteroatoms. The molecular formula is C11H7ClN2O. The summed E-state index contributed by atoms with van der Waals surface area (Å²) in [6.45, 7) is 0. The molecule has 1 heterocycles. The Morgan fingerprint density at radius 2 is 2.20 bits per heavy atom. The first-order chi connectivity index (χ1) is 7.24. The highest BCUT2D eigenvalue weighted by atomic mass is 35.5. The Balaban J connectivity index is 2.76. The lowest BCUT2D eigenvalue weighted by atomic mass is 10.1. The lowest BCUT2D eigenvalue weighted by molar-refractivity contribution is 0.415. The molecule has 0 saturated heterocycles. The number of rotatable bonds is 1. The number of pyridine rings is 1. The summed E-state index contributed by atoms with van der Waals surface area (Å²) in [5, 5.41) is 10.8. The number of benzene rings is 1. The van der Waals surface area contributed by atoms with Gasteiger partial charge in [0.25, 0.3) is 0 Å². The van der Waals surface area contributed by atoms with Crippen LogP contribution in [0.15, 0.2) is 24.3 Å². The van der Waals surface area contributed by atoms with Gasteiger partial charge in [0.2, 0.25) is 0 Å². The van der Waals surface area contributed by atoms with Gasteiger partial charge in [-0.2, -0.15) is 5.26 Å². The van der Waals surface area contributed by atoms with Crippen LogP contribution in [0.25, 0.3) is 10.8 Å². The molecule has 1 aromatic heterocycles. The van der Waals surface area contributed by atoms with Gasteiger partial charge in [-0.25, -0.2) is 4.98 Å². The van der Waals surface area contributed by atoms with E-state index in [0.717, 1.165) is 16.5 Å². The van der Waals surface area contributed by atoms with Crippen molar-refractivity contribution in [3.63, 3.8) is 0 Å². The number of hydrogen-bond donors (Lipinski definition) is 0. The van der Waals surface area contributed by atoms with E-state index in [1.807, 2.05) is 24.3 Å². The number of nitriles is 1. The molecule has 1 aromatic carbocycles. The second-order valence-corrected chi connectivity index (χ2v) is 3.36. The highest BCUT2D eigenvalue weighted by Gasteiger charge is 2.04. The van der Waals surface area contributed by atoms with Crippen LogP contribution in [0.2, 0.25) is 5.15 Å². The molecule has 0 aliphatic rings. The Bertz CT molecular complexity index is 560. The van der Waals surface area contributed by atoms with E-state index in [4.69, 9.17) is 21.6 Å². The van der Waals surface area contributed by atoms with Gasteiger partial charge in [0, 0.05) is 5.39 Å². The number of fused-ring (bicyclic) bond motifs is 1. The Morgan fingerprint density at radius 3 is 2.87 bits per heavy atom. The molecule has 0 aliphatic heterocycles. The summed E-state index contributed by atoms with van der Waals surface area (Å²) in [6.07, 6.45) is 0. The molecule has 0 fully saturated rings. The minimum Gasteiger partial charge on any atom is -0.497 e. The molecule has 2 aromatic rings. The summed E-state index contributed by atoms with van der Waals surface area (Å²) >= 11 is 5.93. The predicted molar refractivity (Wildman–Crippen MR) is 58.0 cm³/mol. The van der Waals surface area contributed by atoms with Crippen molar-refractivity contribution in [3.8, 4) is 11.8 Å². The van der Waals surface area contributed by atoms with Crippen molar-refractivity contribution in [2.75, 3.05) is 7.11 Å². The molecular weight excluding hydrogens is 212 g/mol. The maximum absolute atomic E-state index is 8.75. The SMILES string of the molecule is COc1ccc2c(Cl)nc(C#N)cc2c1. The van der Waals surface area contributed by atoms with Gasteiger partial charge in [-0.1, -0.05) is 11.6 Å². The van der Waals surface area contributed by atoms with E-state index < -0.39 is 0 Å². The van der Waals surface area contributed by atoms with Crippen LogP contribution < -0.4 is 4.74 Å². The van der Waals surface area contributed by atoms with Crippen LogP contribution in [0.3, 0.4) is 0 Å². The van der Waals surface area contributed by atoms with Crippen LogP contribution in [0, 0.1) is 11.3 Å². The Kier molecular flexibility index (Phi) is 2.44. The Labute approximate surface area is 91.9 Å². The molecule has 2 rings (SSSR count). The van der Waals surface area contributed by atoms with Gasteiger partial charge in [0.1, 0.15) is 22.7 Å². The average Bonchev–Trinajstić information content (AvgIpc) is 2.28. The first-order valence-corrected chi connectivity index (χ1v) is 4.67. The summed E-state index contributed by atoms with van der Waals surface area (Å²) in [7, 11) is 1.59. The smallest absolute Gasteiger partial charge is 0.142 e. The average molecular weight is 219 g/mol. The van der Waals surface area contributed by atoms with Crippen molar-refractivity contribution >= 4 is 22.4 Å². The molecule has 3 nitrogen and oxygen atoms in total. The molecule has 0 saturated carbocycles. The third-order valence-electron chi connectivity index (χ3n) is 2.11. The summed E-state index contributed by atoms with van der Waals surface area (Å²) in [6, 6.07) is 9.10. The van der Waals surface area contributed by atoms with E-state index in [-0.39, 0.29) is 0 Å². The third-order valence-corrected chi connectivity index (χ3v) is 2.39. The molecule has 0 spiro atoms. The van der Waals surface area contributed by atoms with Crippen molar-refractivity contribution in [1.82, 2.24) is 4.98 Å². The predicted octanol–water partition coefficient (Wildman–Crippen LogP) is 2.77. The fourth-order valence-corrected chi connectivity index (χ4v) is 1.64. The normalized spacial score (nSPS) is 9.93. The first kappa shape index (κ1) is 9.75. The summed E-state index contributed by atoms with van der Waals surface area (Å²) < 4.78 is 5.09. The lowest BCUT2D eigenvalue weighted by Crippen LogP contribution is -1.87. The monoisotopic (exact) mass is 218 g/mol. The molecule has 0 aliphatic carbocycles. The number of hydrogen-bond acceptors (Lipinski definition) is 3. The van der Waals surface area contributed by atoms with Crippen molar-refractivity contribution in [1.29, 1.82) is 5.26 Å². The van der Waals surface area contributed by atoms with Gasteiger partial charge in [-0.3, -0.25) is 0 Å². The second kappa shape index (κ2) is 3.76. The van der Waals surface area contributed by atoms with E-state index in [0.29, 0.717) is 10.8 Å². The molecule has 0 atom stereocenters. The largest absolute Gasteiger partial charge is 0.497 e. The minimum absolute atomic E-state index is 0.306. The quantitative estimate of drug-likeness (QED) is 0.692.